The van der Waals surface area contributed by atoms with Gasteiger partial charge in [0.2, 0.25) is 0 Å². The molecule has 0 saturated carbocycles. The molecule has 0 aliphatic heterocycles. The summed E-state index contributed by atoms with van der Waals surface area (Å²) in [7, 11) is 0. The summed E-state index contributed by atoms with van der Waals surface area (Å²) in [6.45, 7) is 1.42. The molecule has 1 rings (SSSR count). The average molecular weight is 186 g/mol. The molecule has 1 aromatic rings. The lowest BCUT2D eigenvalue weighted by molar-refractivity contribution is -0.137. The number of halogens is 3. The van der Waals surface area contributed by atoms with E-state index in [-0.39, 0.29) is 5.71 Å². The van der Waals surface area contributed by atoms with Gasteiger partial charge >= 0.3 is 6.18 Å². The van der Waals surface area contributed by atoms with E-state index in [0.717, 1.165) is 12.1 Å². The lowest BCUT2D eigenvalue weighted by Crippen LogP contribution is -2.05. The highest BCUT2D eigenvalue weighted by Gasteiger charge is 2.29. The molecule has 0 unspecified atom stereocenters. The van der Waals surface area contributed by atoms with Gasteiger partial charge in [-0.1, -0.05) is 12.1 Å². The largest absolute Gasteiger partial charge is 0.416 e. The van der Waals surface area contributed by atoms with Gasteiger partial charge in [0, 0.05) is 0 Å². The van der Waals surface area contributed by atoms with E-state index in [1.807, 2.05) is 0 Å². The predicted molar refractivity (Wildman–Crippen MR) is 43.4 cm³/mol. The van der Waals surface area contributed by atoms with Crippen molar-refractivity contribution in [2.24, 2.45) is 0 Å². The molecule has 0 aliphatic carbocycles. The van der Waals surface area contributed by atoms with Crippen LogP contribution in [0.15, 0.2) is 24.3 Å². The molecule has 69 valence electrons. The van der Waals surface area contributed by atoms with Gasteiger partial charge in [0.15, 0.2) is 0 Å². The second-order valence-corrected chi connectivity index (χ2v) is 2.66. The fraction of sp³-hybridized carbons (Fsp3) is 0.222. The molecule has 0 heterocycles. The highest BCUT2D eigenvalue weighted by molar-refractivity contribution is 5.96. The van der Waals surface area contributed by atoms with Crippen LogP contribution in [0, 0.1) is 0 Å². The molecule has 1 nitrogen and oxygen atoms in total. The van der Waals surface area contributed by atoms with Crippen LogP contribution in [0.2, 0.25) is 0 Å². The van der Waals surface area contributed by atoms with Crippen LogP contribution in [0.3, 0.4) is 0 Å². The number of benzene rings is 1. The number of alkyl halides is 3. The Morgan fingerprint density at radius 2 is 1.62 bits per heavy atom. The molecule has 0 spiro atoms. The van der Waals surface area contributed by atoms with E-state index < -0.39 is 11.7 Å². The minimum absolute atomic E-state index is 0.00808. The summed E-state index contributed by atoms with van der Waals surface area (Å²) in [6.07, 6.45) is -4.32. The van der Waals surface area contributed by atoms with Crippen molar-refractivity contribution in [1.29, 1.82) is 0 Å². The van der Waals surface area contributed by atoms with Gasteiger partial charge in [0.05, 0.1) is 11.3 Å². The third kappa shape index (κ3) is 2.31. The van der Waals surface area contributed by atoms with Crippen LogP contribution in [0.4, 0.5) is 13.2 Å². The first kappa shape index (κ1) is 9.77. The molecular weight excluding hydrogens is 179 g/mol. The predicted octanol–water partition coefficient (Wildman–Crippen LogP) is 2.31. The molecule has 0 atom stereocenters. The second kappa shape index (κ2) is 3.20. The van der Waals surface area contributed by atoms with Crippen LogP contribution in [-0.4, -0.2) is 5.71 Å². The van der Waals surface area contributed by atoms with Crippen LogP contribution >= 0.6 is 0 Å². The van der Waals surface area contributed by atoms with E-state index >= 15 is 0 Å². The fourth-order valence-electron chi connectivity index (χ4n) is 0.900. The fourth-order valence-corrected chi connectivity index (χ4v) is 0.900. The van der Waals surface area contributed by atoms with Crippen molar-refractivity contribution in [2.75, 3.05) is 0 Å². The van der Waals surface area contributed by atoms with E-state index in [1.54, 1.807) is 0 Å². The highest BCUT2D eigenvalue weighted by Crippen LogP contribution is 2.28. The minimum atomic E-state index is -4.32. The van der Waals surface area contributed by atoms with Crippen LogP contribution < -0.4 is 5.41 Å². The van der Waals surface area contributed by atoms with Gasteiger partial charge in [-0.2, -0.15) is 18.6 Å². The van der Waals surface area contributed by atoms with Gasteiger partial charge in [0.1, 0.15) is 0 Å². The topological polar surface area (TPSA) is 22.3 Å². The molecule has 0 fully saturated rings. The quantitative estimate of drug-likeness (QED) is 0.600. The maximum Gasteiger partial charge on any atom is 0.416 e. The molecule has 1 radical (unpaired) electrons. The van der Waals surface area contributed by atoms with Crippen molar-refractivity contribution in [3.8, 4) is 0 Å². The SMILES string of the molecule is CC(=[N])c1ccc(C(F)(F)F)cc1. The van der Waals surface area contributed by atoms with Crippen molar-refractivity contribution in [3.05, 3.63) is 35.4 Å². The summed E-state index contributed by atoms with van der Waals surface area (Å²) in [4.78, 5) is 0. The number of hydrogen-bond acceptors (Lipinski definition) is 0. The highest BCUT2D eigenvalue weighted by atomic mass is 19.4. The summed E-state index contributed by atoms with van der Waals surface area (Å²) in [5.74, 6) is 0. The Bertz CT molecular complexity index is 311. The molecule has 13 heavy (non-hydrogen) atoms. The van der Waals surface area contributed by atoms with Gasteiger partial charge in [-0.15, -0.1) is 0 Å². The molecule has 0 aromatic heterocycles. The van der Waals surface area contributed by atoms with E-state index in [1.165, 1.54) is 19.1 Å². The maximum absolute atomic E-state index is 12.1. The first-order valence-corrected chi connectivity index (χ1v) is 3.61. The molecule has 0 aliphatic rings. The number of hydrogen-bond donors (Lipinski definition) is 0. The smallest absolute Gasteiger partial charge is 0.166 e. The summed E-state index contributed by atoms with van der Waals surface area (Å²) >= 11 is 0. The van der Waals surface area contributed by atoms with Crippen LogP contribution in [-0.2, 0) is 6.18 Å². The molecule has 0 N–H and O–H groups in total. The Morgan fingerprint density at radius 1 is 1.15 bits per heavy atom. The first-order chi connectivity index (χ1) is 5.91. The van der Waals surface area contributed by atoms with Gasteiger partial charge in [-0.05, 0) is 24.6 Å². The summed E-state index contributed by atoms with van der Waals surface area (Å²) in [5.41, 5.74) is -0.306. The Hall–Kier alpha value is -1.32. The van der Waals surface area contributed by atoms with Crippen LogP contribution in [0.5, 0.6) is 0 Å². The van der Waals surface area contributed by atoms with Crippen molar-refractivity contribution in [1.82, 2.24) is 5.41 Å². The first-order valence-electron chi connectivity index (χ1n) is 3.61. The minimum Gasteiger partial charge on any atom is -0.166 e. The third-order valence-electron chi connectivity index (χ3n) is 1.63. The number of nitrogens with zero attached hydrogens (tertiary/aromatic N) is 1. The molecule has 0 saturated heterocycles. The Morgan fingerprint density at radius 3 is 1.92 bits per heavy atom. The Labute approximate surface area is 73.7 Å². The third-order valence-corrected chi connectivity index (χ3v) is 1.63. The zero-order chi connectivity index (χ0) is 10.1. The molecule has 4 heteroatoms. The van der Waals surface area contributed by atoms with Gasteiger partial charge in [0.25, 0.3) is 0 Å². The van der Waals surface area contributed by atoms with Crippen molar-refractivity contribution in [3.63, 3.8) is 0 Å². The lowest BCUT2D eigenvalue weighted by atomic mass is 10.1. The Kier molecular flexibility index (Phi) is 2.40. The van der Waals surface area contributed by atoms with Crippen molar-refractivity contribution < 1.29 is 13.2 Å². The zero-order valence-electron chi connectivity index (χ0n) is 6.89. The maximum atomic E-state index is 12.1. The summed E-state index contributed by atoms with van der Waals surface area (Å²) in [6, 6.07) is 4.35. The monoisotopic (exact) mass is 186 g/mol. The molecule has 0 bridgehead atoms. The number of rotatable bonds is 1. The second-order valence-electron chi connectivity index (χ2n) is 2.66. The van der Waals surface area contributed by atoms with Gasteiger partial charge < -0.3 is 0 Å². The standard InChI is InChI=1S/C9H7F3N/c1-6(13)7-2-4-8(5-3-7)9(10,11)12/h2-5H,1H3. The van der Waals surface area contributed by atoms with Gasteiger partial charge in [-0.3, -0.25) is 0 Å². The summed E-state index contributed by atoms with van der Waals surface area (Å²) in [5, 5.41) is 8.95. The summed E-state index contributed by atoms with van der Waals surface area (Å²) < 4.78 is 36.2. The van der Waals surface area contributed by atoms with E-state index in [9.17, 15) is 13.2 Å². The van der Waals surface area contributed by atoms with Crippen LogP contribution in [0.25, 0.3) is 0 Å². The van der Waals surface area contributed by atoms with Gasteiger partial charge in [-0.25, -0.2) is 0 Å². The average Bonchev–Trinajstić information content (AvgIpc) is 2.03. The molecule has 1 aromatic carbocycles. The van der Waals surface area contributed by atoms with E-state index in [2.05, 4.69) is 0 Å². The van der Waals surface area contributed by atoms with E-state index in [0.29, 0.717) is 5.56 Å². The normalized spacial score (nSPS) is 11.4. The van der Waals surface area contributed by atoms with Crippen molar-refractivity contribution >= 4 is 5.71 Å². The Balaban J connectivity index is 3.01. The lowest BCUT2D eigenvalue weighted by Gasteiger charge is -2.06. The van der Waals surface area contributed by atoms with Crippen LogP contribution in [0.1, 0.15) is 18.1 Å². The van der Waals surface area contributed by atoms with Crippen molar-refractivity contribution in [2.45, 2.75) is 13.1 Å². The molecule has 0 amide bonds. The van der Waals surface area contributed by atoms with E-state index in [4.69, 9.17) is 5.41 Å². The molecular formula is C9H7F3N. The zero-order valence-corrected chi connectivity index (χ0v) is 6.89.